The first-order valence-electron chi connectivity index (χ1n) is 6.02. The van der Waals surface area contributed by atoms with E-state index in [1.165, 1.54) is 5.56 Å². The third-order valence-corrected chi connectivity index (χ3v) is 2.82. The van der Waals surface area contributed by atoms with Gasteiger partial charge in [0.1, 0.15) is 5.75 Å². The highest BCUT2D eigenvalue weighted by Crippen LogP contribution is 2.19. The Bertz CT molecular complexity index is 523. The molecule has 18 heavy (non-hydrogen) atoms. The maximum atomic E-state index is 5.60. The molecule has 1 heterocycles. The van der Waals surface area contributed by atoms with Crippen LogP contribution in [0.25, 0.3) is 0 Å². The van der Waals surface area contributed by atoms with Crippen molar-refractivity contribution in [2.24, 2.45) is 5.73 Å². The van der Waals surface area contributed by atoms with Crippen molar-refractivity contribution in [3.05, 3.63) is 47.3 Å². The molecule has 0 aliphatic heterocycles. The molecule has 4 nitrogen and oxygen atoms in total. The van der Waals surface area contributed by atoms with Crippen molar-refractivity contribution in [3.63, 3.8) is 0 Å². The second-order valence-electron chi connectivity index (χ2n) is 4.07. The molecule has 2 aromatic rings. The van der Waals surface area contributed by atoms with Gasteiger partial charge in [-0.25, -0.2) is 4.98 Å². The van der Waals surface area contributed by atoms with E-state index in [1.54, 1.807) is 6.20 Å². The fourth-order valence-corrected chi connectivity index (χ4v) is 1.62. The van der Waals surface area contributed by atoms with Gasteiger partial charge in [-0.15, -0.1) is 0 Å². The molecular weight excluding hydrogens is 226 g/mol. The van der Waals surface area contributed by atoms with E-state index in [9.17, 15) is 0 Å². The third-order valence-electron chi connectivity index (χ3n) is 2.82. The number of hydrogen-bond donors (Lipinski definition) is 1. The van der Waals surface area contributed by atoms with Gasteiger partial charge in [-0.3, -0.25) is 0 Å². The van der Waals surface area contributed by atoms with Gasteiger partial charge in [0, 0.05) is 24.0 Å². The molecule has 0 amide bonds. The quantitative estimate of drug-likeness (QED) is 0.896. The van der Waals surface area contributed by atoms with Crippen molar-refractivity contribution in [1.29, 1.82) is 0 Å². The predicted octanol–water partition coefficient (Wildman–Crippen LogP) is 2.60. The highest BCUT2D eigenvalue weighted by Gasteiger charge is 2.04. The summed E-state index contributed by atoms with van der Waals surface area (Å²) in [4.78, 5) is 8.40. The van der Waals surface area contributed by atoms with Crippen molar-refractivity contribution in [3.8, 4) is 11.8 Å². The minimum atomic E-state index is 0.356. The van der Waals surface area contributed by atoms with Crippen LogP contribution in [0, 0.1) is 6.92 Å². The third kappa shape index (κ3) is 2.84. The molecule has 1 aromatic heterocycles. The molecule has 0 radical (unpaired) electrons. The smallest absolute Gasteiger partial charge is 0.322 e. The van der Waals surface area contributed by atoms with Crippen LogP contribution in [-0.4, -0.2) is 9.97 Å². The summed E-state index contributed by atoms with van der Waals surface area (Å²) >= 11 is 0. The van der Waals surface area contributed by atoms with Crippen LogP contribution in [0.15, 0.2) is 30.5 Å². The maximum Gasteiger partial charge on any atom is 0.322 e. The van der Waals surface area contributed by atoms with Crippen molar-refractivity contribution >= 4 is 0 Å². The fourth-order valence-electron chi connectivity index (χ4n) is 1.62. The summed E-state index contributed by atoms with van der Waals surface area (Å²) in [6.45, 7) is 4.46. The number of ether oxygens (including phenoxy) is 1. The summed E-state index contributed by atoms with van der Waals surface area (Å²) in [6, 6.07) is 8.28. The fraction of sp³-hybridized carbons (Fsp3) is 0.286. The van der Waals surface area contributed by atoms with Crippen LogP contribution >= 0.6 is 0 Å². The number of aryl methyl sites for hydroxylation is 2. The van der Waals surface area contributed by atoms with Gasteiger partial charge in [0.15, 0.2) is 0 Å². The average Bonchev–Trinajstić information content (AvgIpc) is 2.40. The Hall–Kier alpha value is -1.94. The minimum absolute atomic E-state index is 0.356. The van der Waals surface area contributed by atoms with Crippen LogP contribution in [0.5, 0.6) is 11.8 Å². The van der Waals surface area contributed by atoms with Gasteiger partial charge < -0.3 is 10.5 Å². The molecule has 94 valence electrons. The lowest BCUT2D eigenvalue weighted by atomic mass is 10.2. The molecule has 0 aliphatic carbocycles. The van der Waals surface area contributed by atoms with E-state index in [0.717, 1.165) is 23.4 Å². The Kier molecular flexibility index (Phi) is 3.89. The number of nitrogens with two attached hydrogens (primary N) is 1. The van der Waals surface area contributed by atoms with Gasteiger partial charge >= 0.3 is 6.01 Å². The van der Waals surface area contributed by atoms with Crippen molar-refractivity contribution in [1.82, 2.24) is 9.97 Å². The molecule has 1 aromatic carbocycles. The monoisotopic (exact) mass is 243 g/mol. The largest absolute Gasteiger partial charge is 0.424 e. The summed E-state index contributed by atoms with van der Waals surface area (Å²) < 4.78 is 5.60. The first kappa shape index (κ1) is 12.5. The predicted molar refractivity (Wildman–Crippen MR) is 70.6 cm³/mol. The second-order valence-corrected chi connectivity index (χ2v) is 4.07. The summed E-state index contributed by atoms with van der Waals surface area (Å²) in [5.41, 5.74) is 8.63. The lowest BCUT2D eigenvalue weighted by molar-refractivity contribution is 0.439. The summed E-state index contributed by atoms with van der Waals surface area (Å²) in [7, 11) is 0. The average molecular weight is 243 g/mol. The van der Waals surface area contributed by atoms with Crippen LogP contribution < -0.4 is 10.5 Å². The number of aromatic nitrogens is 2. The first-order chi connectivity index (χ1) is 8.72. The van der Waals surface area contributed by atoms with E-state index < -0.39 is 0 Å². The Balaban J connectivity index is 2.15. The standard InChI is InChI=1S/C14H17N3O/c1-3-11-4-6-13(7-5-11)18-14-16-9-12(8-15)10(2)17-14/h4-7,9H,3,8,15H2,1-2H3. The maximum absolute atomic E-state index is 5.60. The summed E-state index contributed by atoms with van der Waals surface area (Å²) in [6.07, 6.45) is 2.72. The van der Waals surface area contributed by atoms with Gasteiger partial charge in [0.25, 0.3) is 0 Å². The normalized spacial score (nSPS) is 10.4. The zero-order valence-electron chi connectivity index (χ0n) is 10.7. The minimum Gasteiger partial charge on any atom is -0.424 e. The van der Waals surface area contributed by atoms with E-state index in [0.29, 0.717) is 12.6 Å². The van der Waals surface area contributed by atoms with E-state index in [-0.39, 0.29) is 0 Å². The van der Waals surface area contributed by atoms with Gasteiger partial charge in [0.05, 0.1) is 0 Å². The SMILES string of the molecule is CCc1ccc(Oc2ncc(CN)c(C)n2)cc1. The zero-order valence-corrected chi connectivity index (χ0v) is 10.7. The molecule has 0 spiro atoms. The molecule has 4 heteroatoms. The summed E-state index contributed by atoms with van der Waals surface area (Å²) in [5.74, 6) is 0.743. The number of benzene rings is 1. The molecule has 0 saturated carbocycles. The Morgan fingerprint density at radius 3 is 2.50 bits per heavy atom. The molecular formula is C14H17N3O. The number of hydrogen-bond acceptors (Lipinski definition) is 4. The van der Waals surface area contributed by atoms with Gasteiger partial charge in [0.2, 0.25) is 0 Å². The van der Waals surface area contributed by atoms with E-state index >= 15 is 0 Å². The topological polar surface area (TPSA) is 61.0 Å². The van der Waals surface area contributed by atoms with Gasteiger partial charge in [-0.2, -0.15) is 4.98 Å². The van der Waals surface area contributed by atoms with E-state index in [4.69, 9.17) is 10.5 Å². The first-order valence-corrected chi connectivity index (χ1v) is 6.02. The molecule has 0 atom stereocenters. The number of rotatable bonds is 4. The van der Waals surface area contributed by atoms with E-state index in [1.807, 2.05) is 31.2 Å². The van der Waals surface area contributed by atoms with Crippen molar-refractivity contribution in [2.45, 2.75) is 26.8 Å². The van der Waals surface area contributed by atoms with Crippen LogP contribution in [0.4, 0.5) is 0 Å². The van der Waals surface area contributed by atoms with Gasteiger partial charge in [-0.05, 0) is 31.0 Å². The molecule has 0 saturated heterocycles. The van der Waals surface area contributed by atoms with Crippen LogP contribution in [-0.2, 0) is 13.0 Å². The van der Waals surface area contributed by atoms with Crippen LogP contribution in [0.1, 0.15) is 23.7 Å². The van der Waals surface area contributed by atoms with Crippen LogP contribution in [0.2, 0.25) is 0 Å². The Labute approximate surface area is 107 Å². The summed E-state index contributed by atoms with van der Waals surface area (Å²) in [5, 5.41) is 0. The zero-order chi connectivity index (χ0) is 13.0. The Morgan fingerprint density at radius 1 is 1.22 bits per heavy atom. The highest BCUT2D eigenvalue weighted by molar-refractivity contribution is 5.29. The lowest BCUT2D eigenvalue weighted by Gasteiger charge is -2.07. The highest BCUT2D eigenvalue weighted by atomic mass is 16.5. The number of nitrogens with zero attached hydrogens (tertiary/aromatic N) is 2. The van der Waals surface area contributed by atoms with Gasteiger partial charge in [-0.1, -0.05) is 19.1 Å². The molecule has 0 aliphatic rings. The second kappa shape index (κ2) is 5.60. The molecule has 0 fully saturated rings. The Morgan fingerprint density at radius 2 is 1.94 bits per heavy atom. The van der Waals surface area contributed by atoms with Crippen LogP contribution in [0.3, 0.4) is 0 Å². The van der Waals surface area contributed by atoms with Crippen molar-refractivity contribution < 1.29 is 4.74 Å². The van der Waals surface area contributed by atoms with E-state index in [2.05, 4.69) is 16.9 Å². The lowest BCUT2D eigenvalue weighted by Crippen LogP contribution is -2.03. The molecule has 2 rings (SSSR count). The molecule has 0 unspecified atom stereocenters. The molecule has 0 bridgehead atoms. The molecule has 2 N–H and O–H groups in total. The van der Waals surface area contributed by atoms with Crippen molar-refractivity contribution in [2.75, 3.05) is 0 Å².